The molecule has 2 nitrogen and oxygen atoms in total. The number of nitrogens with zero attached hydrogens (tertiary/aromatic N) is 1. The Kier molecular flexibility index (Phi) is 4.10. The second-order valence-electron chi connectivity index (χ2n) is 4.39. The quantitative estimate of drug-likeness (QED) is 0.606. The minimum Gasteiger partial charge on any atom is -0.292 e. The van der Waals surface area contributed by atoms with Gasteiger partial charge >= 0.3 is 0 Å². The molecule has 1 saturated carbocycles. The van der Waals surface area contributed by atoms with Gasteiger partial charge in [0.1, 0.15) is 5.69 Å². The highest BCUT2D eigenvalue weighted by atomic mass is 79.9. The van der Waals surface area contributed by atoms with Crippen LogP contribution in [0.4, 0.5) is 0 Å². The van der Waals surface area contributed by atoms with E-state index in [-0.39, 0.29) is 11.7 Å². The SMILES string of the molecule is O=C(c1ncccc1Br)C1CCCCCC1. The summed E-state index contributed by atoms with van der Waals surface area (Å²) in [5.41, 5.74) is 0.606. The molecule has 86 valence electrons. The van der Waals surface area contributed by atoms with Crippen LogP contribution >= 0.6 is 15.9 Å². The third-order valence-corrected chi connectivity index (χ3v) is 3.86. The molecule has 1 fully saturated rings. The van der Waals surface area contributed by atoms with Crippen LogP contribution in [-0.2, 0) is 0 Å². The summed E-state index contributed by atoms with van der Waals surface area (Å²) in [6.07, 6.45) is 8.65. The van der Waals surface area contributed by atoms with E-state index in [1.807, 2.05) is 12.1 Å². The molecule has 2 rings (SSSR count). The molecule has 0 N–H and O–H groups in total. The van der Waals surface area contributed by atoms with Crippen molar-refractivity contribution in [2.45, 2.75) is 38.5 Å². The average Bonchev–Trinajstić information content (AvgIpc) is 2.57. The van der Waals surface area contributed by atoms with E-state index in [1.165, 1.54) is 25.7 Å². The fourth-order valence-electron chi connectivity index (χ4n) is 2.30. The summed E-state index contributed by atoms with van der Waals surface area (Å²) in [7, 11) is 0. The first-order chi connectivity index (χ1) is 7.79. The van der Waals surface area contributed by atoms with Crippen molar-refractivity contribution in [3.63, 3.8) is 0 Å². The van der Waals surface area contributed by atoms with Crippen molar-refractivity contribution < 1.29 is 4.79 Å². The summed E-state index contributed by atoms with van der Waals surface area (Å²) >= 11 is 3.40. The molecule has 0 radical (unpaired) electrons. The summed E-state index contributed by atoms with van der Waals surface area (Å²) in [6.45, 7) is 0. The Morgan fingerprint density at radius 1 is 1.25 bits per heavy atom. The molecule has 0 unspecified atom stereocenters. The molecule has 1 aromatic heterocycles. The van der Waals surface area contributed by atoms with Crippen molar-refractivity contribution >= 4 is 21.7 Å². The number of hydrogen-bond donors (Lipinski definition) is 0. The second-order valence-corrected chi connectivity index (χ2v) is 5.24. The molecule has 0 spiro atoms. The van der Waals surface area contributed by atoms with Crippen molar-refractivity contribution in [3.05, 3.63) is 28.5 Å². The van der Waals surface area contributed by atoms with E-state index in [9.17, 15) is 4.79 Å². The summed E-state index contributed by atoms with van der Waals surface area (Å²) in [6, 6.07) is 3.73. The van der Waals surface area contributed by atoms with Crippen molar-refractivity contribution in [2.75, 3.05) is 0 Å². The summed E-state index contributed by atoms with van der Waals surface area (Å²) < 4.78 is 0.823. The lowest BCUT2D eigenvalue weighted by atomic mass is 9.93. The summed E-state index contributed by atoms with van der Waals surface area (Å²) in [5, 5.41) is 0. The van der Waals surface area contributed by atoms with Gasteiger partial charge in [-0.2, -0.15) is 0 Å². The lowest BCUT2D eigenvalue weighted by Crippen LogP contribution is -2.16. The topological polar surface area (TPSA) is 30.0 Å². The molecule has 1 aromatic rings. The zero-order valence-electron chi connectivity index (χ0n) is 9.29. The standard InChI is InChI=1S/C13H16BrNO/c14-11-8-5-9-15-12(11)13(16)10-6-3-1-2-4-7-10/h5,8-10H,1-4,6-7H2. The van der Waals surface area contributed by atoms with E-state index in [4.69, 9.17) is 0 Å². The van der Waals surface area contributed by atoms with Gasteiger partial charge < -0.3 is 0 Å². The molecule has 0 saturated heterocycles. The van der Waals surface area contributed by atoms with Crippen molar-refractivity contribution in [3.8, 4) is 0 Å². The minimum atomic E-state index is 0.189. The van der Waals surface area contributed by atoms with E-state index >= 15 is 0 Å². The Morgan fingerprint density at radius 2 is 1.94 bits per heavy atom. The molecule has 0 aliphatic heterocycles. The van der Waals surface area contributed by atoms with Gasteiger partial charge in [-0.1, -0.05) is 25.7 Å². The maximum absolute atomic E-state index is 12.3. The van der Waals surface area contributed by atoms with E-state index in [0.717, 1.165) is 17.3 Å². The molecular weight excluding hydrogens is 266 g/mol. The third kappa shape index (κ3) is 2.70. The van der Waals surface area contributed by atoms with Gasteiger partial charge in [0.05, 0.1) is 0 Å². The second kappa shape index (κ2) is 5.58. The van der Waals surface area contributed by atoms with Gasteiger partial charge in [-0.05, 0) is 40.9 Å². The van der Waals surface area contributed by atoms with Crippen LogP contribution in [0.15, 0.2) is 22.8 Å². The van der Waals surface area contributed by atoms with Crippen LogP contribution in [0, 0.1) is 5.92 Å². The lowest BCUT2D eigenvalue weighted by molar-refractivity contribution is 0.0902. The maximum Gasteiger partial charge on any atom is 0.185 e. The number of rotatable bonds is 2. The molecular formula is C13H16BrNO. The van der Waals surface area contributed by atoms with Gasteiger partial charge in [0.2, 0.25) is 0 Å². The molecule has 16 heavy (non-hydrogen) atoms. The molecule has 1 heterocycles. The van der Waals surface area contributed by atoms with Crippen LogP contribution in [0.25, 0.3) is 0 Å². The molecule has 1 aliphatic rings. The van der Waals surface area contributed by atoms with E-state index < -0.39 is 0 Å². The number of Topliss-reactive ketones (excluding diaryl/α,β-unsaturated/α-hetero) is 1. The fraction of sp³-hybridized carbons (Fsp3) is 0.538. The Bertz CT molecular complexity index is 370. The third-order valence-electron chi connectivity index (χ3n) is 3.22. The highest BCUT2D eigenvalue weighted by Gasteiger charge is 2.23. The Balaban J connectivity index is 2.14. The predicted molar refractivity (Wildman–Crippen MR) is 67.5 cm³/mol. The van der Waals surface area contributed by atoms with E-state index in [0.29, 0.717) is 5.69 Å². The Hall–Kier alpha value is -0.700. The fourth-order valence-corrected chi connectivity index (χ4v) is 2.75. The molecule has 3 heteroatoms. The number of hydrogen-bond acceptors (Lipinski definition) is 2. The number of pyridine rings is 1. The van der Waals surface area contributed by atoms with Crippen molar-refractivity contribution in [2.24, 2.45) is 5.92 Å². The van der Waals surface area contributed by atoms with E-state index in [1.54, 1.807) is 6.20 Å². The zero-order chi connectivity index (χ0) is 11.4. The highest BCUT2D eigenvalue weighted by Crippen LogP contribution is 2.27. The van der Waals surface area contributed by atoms with Crippen LogP contribution < -0.4 is 0 Å². The van der Waals surface area contributed by atoms with Crippen LogP contribution in [-0.4, -0.2) is 10.8 Å². The van der Waals surface area contributed by atoms with Gasteiger partial charge in [0, 0.05) is 16.6 Å². The zero-order valence-corrected chi connectivity index (χ0v) is 10.9. The predicted octanol–water partition coefficient (Wildman–Crippen LogP) is 4.00. The first kappa shape index (κ1) is 11.8. The first-order valence-corrected chi connectivity index (χ1v) is 6.73. The van der Waals surface area contributed by atoms with Gasteiger partial charge in [0.25, 0.3) is 0 Å². The Labute approximate surface area is 105 Å². The van der Waals surface area contributed by atoms with Gasteiger partial charge in [-0.15, -0.1) is 0 Å². The van der Waals surface area contributed by atoms with Crippen LogP contribution in [0.5, 0.6) is 0 Å². The van der Waals surface area contributed by atoms with Gasteiger partial charge in [0.15, 0.2) is 5.78 Å². The van der Waals surface area contributed by atoms with Crippen LogP contribution in [0.2, 0.25) is 0 Å². The summed E-state index contributed by atoms with van der Waals surface area (Å²) in [4.78, 5) is 16.5. The van der Waals surface area contributed by atoms with Gasteiger partial charge in [-0.3, -0.25) is 9.78 Å². The number of halogens is 1. The average molecular weight is 282 g/mol. The maximum atomic E-state index is 12.3. The largest absolute Gasteiger partial charge is 0.292 e. The number of carbonyl (C=O) groups excluding carboxylic acids is 1. The van der Waals surface area contributed by atoms with Crippen molar-refractivity contribution in [1.82, 2.24) is 4.98 Å². The van der Waals surface area contributed by atoms with Crippen LogP contribution in [0.3, 0.4) is 0 Å². The summed E-state index contributed by atoms with van der Waals surface area (Å²) in [5.74, 6) is 0.406. The monoisotopic (exact) mass is 281 g/mol. The molecule has 1 aliphatic carbocycles. The normalized spacial score (nSPS) is 18.1. The number of carbonyl (C=O) groups is 1. The van der Waals surface area contributed by atoms with Crippen LogP contribution in [0.1, 0.15) is 49.0 Å². The number of aromatic nitrogens is 1. The van der Waals surface area contributed by atoms with E-state index in [2.05, 4.69) is 20.9 Å². The molecule has 0 aromatic carbocycles. The highest BCUT2D eigenvalue weighted by molar-refractivity contribution is 9.10. The Morgan fingerprint density at radius 3 is 2.56 bits per heavy atom. The lowest BCUT2D eigenvalue weighted by Gasteiger charge is -2.12. The minimum absolute atomic E-state index is 0.189. The molecule has 0 bridgehead atoms. The van der Waals surface area contributed by atoms with Gasteiger partial charge in [-0.25, -0.2) is 0 Å². The van der Waals surface area contributed by atoms with Crippen molar-refractivity contribution in [1.29, 1.82) is 0 Å². The molecule has 0 amide bonds. The first-order valence-electron chi connectivity index (χ1n) is 5.94. The number of ketones is 1. The smallest absolute Gasteiger partial charge is 0.185 e. The molecule has 0 atom stereocenters.